The van der Waals surface area contributed by atoms with Crippen molar-refractivity contribution in [1.29, 1.82) is 0 Å². The minimum absolute atomic E-state index is 0.281. The molecular formula is C8H13N3O2. The van der Waals surface area contributed by atoms with Crippen LogP contribution in [0.25, 0.3) is 0 Å². The largest absolute Gasteiger partial charge is 0.367 e. The zero-order valence-corrected chi connectivity index (χ0v) is 7.62. The van der Waals surface area contributed by atoms with E-state index in [2.05, 4.69) is 10.1 Å². The third kappa shape index (κ3) is 1.45. The molecule has 2 rings (SSSR count). The molecule has 13 heavy (non-hydrogen) atoms. The Kier molecular flexibility index (Phi) is 2.05. The van der Waals surface area contributed by atoms with Crippen molar-refractivity contribution in [2.24, 2.45) is 5.73 Å². The molecule has 1 aliphatic rings. The lowest BCUT2D eigenvalue weighted by Crippen LogP contribution is -2.21. The Morgan fingerprint density at radius 3 is 3.00 bits per heavy atom. The van der Waals surface area contributed by atoms with E-state index in [9.17, 15) is 0 Å². The lowest BCUT2D eigenvalue weighted by atomic mass is 10.0. The molecule has 0 spiro atoms. The average Bonchev–Trinajstić information content (AvgIpc) is 2.72. The third-order valence-corrected chi connectivity index (χ3v) is 2.33. The van der Waals surface area contributed by atoms with Crippen LogP contribution in [0, 0.1) is 0 Å². The van der Waals surface area contributed by atoms with Crippen molar-refractivity contribution in [3.05, 3.63) is 11.7 Å². The van der Waals surface area contributed by atoms with Crippen LogP contribution in [0.4, 0.5) is 0 Å². The van der Waals surface area contributed by atoms with E-state index in [4.69, 9.17) is 15.0 Å². The predicted molar refractivity (Wildman–Crippen MR) is 44.7 cm³/mol. The van der Waals surface area contributed by atoms with Crippen LogP contribution in [0.2, 0.25) is 0 Å². The Balaban J connectivity index is 2.23. The molecule has 0 radical (unpaired) electrons. The van der Waals surface area contributed by atoms with Crippen LogP contribution in [0.3, 0.4) is 0 Å². The monoisotopic (exact) mass is 183 g/mol. The number of hydrogen-bond donors (Lipinski definition) is 1. The Labute approximate surface area is 76.3 Å². The quantitative estimate of drug-likeness (QED) is 0.724. The van der Waals surface area contributed by atoms with E-state index in [1.807, 2.05) is 6.92 Å². The van der Waals surface area contributed by atoms with Crippen molar-refractivity contribution in [2.75, 3.05) is 6.61 Å². The summed E-state index contributed by atoms with van der Waals surface area (Å²) in [7, 11) is 0. The van der Waals surface area contributed by atoms with Gasteiger partial charge in [-0.15, -0.1) is 0 Å². The Morgan fingerprint density at radius 2 is 2.46 bits per heavy atom. The first kappa shape index (κ1) is 8.65. The fourth-order valence-corrected chi connectivity index (χ4v) is 1.51. The van der Waals surface area contributed by atoms with Crippen LogP contribution in [0.5, 0.6) is 0 Å². The maximum Gasteiger partial charge on any atom is 0.240 e. The molecule has 0 aliphatic carbocycles. The molecular weight excluding hydrogens is 170 g/mol. The van der Waals surface area contributed by atoms with Crippen molar-refractivity contribution in [3.63, 3.8) is 0 Å². The molecule has 1 aromatic heterocycles. The number of nitrogens with zero attached hydrogens (tertiary/aromatic N) is 2. The Morgan fingerprint density at radius 1 is 1.62 bits per heavy atom. The van der Waals surface area contributed by atoms with Crippen molar-refractivity contribution in [2.45, 2.75) is 31.9 Å². The highest BCUT2D eigenvalue weighted by Gasteiger charge is 2.36. The Hall–Kier alpha value is -0.940. The second kappa shape index (κ2) is 3.08. The van der Waals surface area contributed by atoms with E-state index in [1.54, 1.807) is 0 Å². The van der Waals surface area contributed by atoms with Gasteiger partial charge in [0, 0.05) is 6.61 Å². The van der Waals surface area contributed by atoms with Gasteiger partial charge in [0.1, 0.15) is 5.60 Å². The molecule has 72 valence electrons. The fourth-order valence-electron chi connectivity index (χ4n) is 1.51. The first-order valence-corrected chi connectivity index (χ1v) is 4.42. The second-order valence-corrected chi connectivity index (χ2v) is 3.40. The summed E-state index contributed by atoms with van der Waals surface area (Å²) in [5, 5.41) is 3.85. The SMILES string of the molecule is CC1(c2noc(CN)n2)CCCO1. The molecule has 1 atom stereocenters. The molecule has 0 amide bonds. The van der Waals surface area contributed by atoms with E-state index in [0.717, 1.165) is 19.4 Å². The minimum atomic E-state index is -0.364. The van der Waals surface area contributed by atoms with Crippen LogP contribution >= 0.6 is 0 Å². The molecule has 1 unspecified atom stereocenters. The molecule has 5 nitrogen and oxygen atoms in total. The maximum absolute atomic E-state index is 5.56. The lowest BCUT2D eigenvalue weighted by Gasteiger charge is -2.17. The van der Waals surface area contributed by atoms with Crippen molar-refractivity contribution < 1.29 is 9.26 Å². The van der Waals surface area contributed by atoms with Crippen molar-refractivity contribution >= 4 is 0 Å². The first-order chi connectivity index (χ1) is 6.24. The van der Waals surface area contributed by atoms with Gasteiger partial charge in [-0.2, -0.15) is 4.98 Å². The smallest absolute Gasteiger partial charge is 0.240 e. The molecule has 0 aromatic carbocycles. The van der Waals surface area contributed by atoms with Gasteiger partial charge in [0.2, 0.25) is 11.7 Å². The summed E-state index contributed by atoms with van der Waals surface area (Å²) in [6.07, 6.45) is 1.99. The summed E-state index contributed by atoms with van der Waals surface area (Å²) >= 11 is 0. The molecule has 2 heterocycles. The average molecular weight is 183 g/mol. The fraction of sp³-hybridized carbons (Fsp3) is 0.750. The molecule has 5 heteroatoms. The van der Waals surface area contributed by atoms with Gasteiger partial charge in [-0.3, -0.25) is 0 Å². The van der Waals surface area contributed by atoms with E-state index in [1.165, 1.54) is 0 Å². The van der Waals surface area contributed by atoms with E-state index < -0.39 is 0 Å². The molecule has 1 aromatic rings. The molecule has 1 aliphatic heterocycles. The van der Waals surface area contributed by atoms with Gasteiger partial charge >= 0.3 is 0 Å². The molecule has 1 saturated heterocycles. The van der Waals surface area contributed by atoms with Crippen LogP contribution in [0.15, 0.2) is 4.52 Å². The number of ether oxygens (including phenoxy) is 1. The summed E-state index contributed by atoms with van der Waals surface area (Å²) < 4.78 is 10.5. The Bertz CT molecular complexity index is 291. The molecule has 2 N–H and O–H groups in total. The van der Waals surface area contributed by atoms with Gasteiger partial charge in [0.15, 0.2) is 0 Å². The summed E-state index contributed by atoms with van der Waals surface area (Å²) in [6.45, 7) is 3.03. The van der Waals surface area contributed by atoms with Crippen molar-refractivity contribution in [3.8, 4) is 0 Å². The van der Waals surface area contributed by atoms with Gasteiger partial charge in [-0.1, -0.05) is 5.16 Å². The van der Waals surface area contributed by atoms with Crippen LogP contribution in [-0.4, -0.2) is 16.7 Å². The summed E-state index contributed by atoms with van der Waals surface area (Å²) in [4.78, 5) is 4.15. The lowest BCUT2D eigenvalue weighted by molar-refractivity contribution is 0.00768. The minimum Gasteiger partial charge on any atom is -0.367 e. The van der Waals surface area contributed by atoms with Gasteiger partial charge in [0.05, 0.1) is 6.54 Å². The van der Waals surface area contributed by atoms with Crippen LogP contribution < -0.4 is 5.73 Å². The zero-order valence-electron chi connectivity index (χ0n) is 7.62. The first-order valence-electron chi connectivity index (χ1n) is 4.42. The van der Waals surface area contributed by atoms with E-state index in [0.29, 0.717) is 11.7 Å². The molecule has 0 bridgehead atoms. The number of nitrogens with two attached hydrogens (primary N) is 1. The highest BCUT2D eigenvalue weighted by atomic mass is 16.5. The number of aromatic nitrogens is 2. The van der Waals surface area contributed by atoms with E-state index >= 15 is 0 Å². The number of rotatable bonds is 2. The second-order valence-electron chi connectivity index (χ2n) is 3.40. The topological polar surface area (TPSA) is 74.2 Å². The van der Waals surface area contributed by atoms with Crippen LogP contribution in [-0.2, 0) is 16.9 Å². The predicted octanol–water partition coefficient (Wildman–Crippen LogP) is 0.554. The van der Waals surface area contributed by atoms with Crippen LogP contribution in [0.1, 0.15) is 31.5 Å². The van der Waals surface area contributed by atoms with Gasteiger partial charge < -0.3 is 15.0 Å². The maximum atomic E-state index is 5.56. The highest BCUT2D eigenvalue weighted by molar-refractivity contribution is 5.01. The van der Waals surface area contributed by atoms with Gasteiger partial charge in [-0.05, 0) is 19.8 Å². The summed E-state index contributed by atoms with van der Waals surface area (Å²) in [5.41, 5.74) is 5.00. The summed E-state index contributed by atoms with van der Waals surface area (Å²) in [6, 6.07) is 0. The third-order valence-electron chi connectivity index (χ3n) is 2.33. The van der Waals surface area contributed by atoms with Gasteiger partial charge in [-0.25, -0.2) is 0 Å². The summed E-state index contributed by atoms with van der Waals surface area (Å²) in [5.74, 6) is 1.08. The van der Waals surface area contributed by atoms with Crippen molar-refractivity contribution in [1.82, 2.24) is 10.1 Å². The highest BCUT2D eigenvalue weighted by Crippen LogP contribution is 2.33. The zero-order chi connectivity index (χ0) is 9.31. The molecule has 0 saturated carbocycles. The van der Waals surface area contributed by atoms with E-state index in [-0.39, 0.29) is 12.1 Å². The number of hydrogen-bond acceptors (Lipinski definition) is 5. The van der Waals surface area contributed by atoms with Gasteiger partial charge in [0.25, 0.3) is 0 Å². The molecule has 1 fully saturated rings. The normalized spacial score (nSPS) is 28.2. The standard InChI is InChI=1S/C8H13N3O2/c1-8(3-2-4-12-8)7-10-6(5-9)13-11-7/h2-5,9H2,1H3.